The molecule has 0 saturated heterocycles. The second kappa shape index (κ2) is 5.49. The van der Waals surface area contributed by atoms with Crippen LogP contribution >= 0.6 is 0 Å². The number of hydrogen-bond donors (Lipinski definition) is 3. The number of aliphatic hydroxyl groups excluding tert-OH is 1. The van der Waals surface area contributed by atoms with Crippen molar-refractivity contribution >= 4 is 11.9 Å². The molecular weight excluding hydrogens is 222 g/mol. The number of nitrogens with one attached hydrogen (secondary N) is 1. The highest BCUT2D eigenvalue weighted by atomic mass is 16.4. The Morgan fingerprint density at radius 2 is 2.12 bits per heavy atom. The number of rotatable bonds is 5. The molecule has 2 unspecified atom stereocenters. The number of carboxylic acids is 1. The van der Waals surface area contributed by atoms with Gasteiger partial charge in [-0.3, -0.25) is 4.79 Å². The summed E-state index contributed by atoms with van der Waals surface area (Å²) < 4.78 is 0. The van der Waals surface area contributed by atoms with Crippen LogP contribution < -0.4 is 5.32 Å². The maximum absolute atomic E-state index is 12.0. The van der Waals surface area contributed by atoms with Crippen LogP contribution in [0, 0.1) is 11.3 Å². The Labute approximate surface area is 101 Å². The monoisotopic (exact) mass is 243 g/mol. The van der Waals surface area contributed by atoms with E-state index in [9.17, 15) is 9.59 Å². The van der Waals surface area contributed by atoms with E-state index in [1.54, 1.807) is 0 Å². The first-order valence-corrected chi connectivity index (χ1v) is 6.02. The number of aliphatic hydroxyl groups is 1. The minimum absolute atomic E-state index is 0.0498. The zero-order valence-corrected chi connectivity index (χ0v) is 10.4. The van der Waals surface area contributed by atoms with Crippen molar-refractivity contribution in [3.8, 4) is 0 Å². The molecule has 5 nitrogen and oxygen atoms in total. The lowest BCUT2D eigenvalue weighted by molar-refractivity contribution is -0.143. The van der Waals surface area contributed by atoms with E-state index in [2.05, 4.69) is 5.32 Å². The van der Waals surface area contributed by atoms with Gasteiger partial charge in [0.2, 0.25) is 5.91 Å². The van der Waals surface area contributed by atoms with E-state index in [0.717, 1.165) is 19.3 Å². The van der Waals surface area contributed by atoms with Crippen LogP contribution in [0.1, 0.15) is 39.5 Å². The third-order valence-corrected chi connectivity index (χ3v) is 3.61. The number of hydrogen-bond acceptors (Lipinski definition) is 3. The van der Waals surface area contributed by atoms with Gasteiger partial charge in [-0.1, -0.05) is 20.3 Å². The van der Waals surface area contributed by atoms with Gasteiger partial charge in [0.25, 0.3) is 0 Å². The first-order valence-electron chi connectivity index (χ1n) is 6.02. The van der Waals surface area contributed by atoms with Crippen molar-refractivity contribution in [1.29, 1.82) is 0 Å². The first kappa shape index (κ1) is 14.0. The second-order valence-electron chi connectivity index (χ2n) is 5.35. The third-order valence-electron chi connectivity index (χ3n) is 3.61. The average Bonchev–Trinajstić information content (AvgIpc) is 2.57. The molecule has 0 aromatic rings. The summed E-state index contributed by atoms with van der Waals surface area (Å²) in [6, 6.07) is -0.983. The van der Waals surface area contributed by atoms with Crippen LogP contribution in [0.2, 0.25) is 0 Å². The number of carboxylic acid groups (broad SMARTS) is 1. The predicted octanol–water partition coefficient (Wildman–Crippen LogP) is 0.764. The molecule has 0 radical (unpaired) electrons. The summed E-state index contributed by atoms with van der Waals surface area (Å²) in [5, 5.41) is 20.2. The number of carbonyl (C=O) groups excluding carboxylic acids is 1. The molecule has 5 heteroatoms. The van der Waals surface area contributed by atoms with Crippen LogP contribution in [0.25, 0.3) is 0 Å². The van der Waals surface area contributed by atoms with E-state index in [0.29, 0.717) is 0 Å². The van der Waals surface area contributed by atoms with Gasteiger partial charge in [-0.2, -0.15) is 0 Å². The van der Waals surface area contributed by atoms with Gasteiger partial charge in [0.1, 0.15) is 6.04 Å². The fraction of sp³-hybridized carbons (Fsp3) is 0.833. The van der Waals surface area contributed by atoms with Gasteiger partial charge in [0.05, 0.1) is 0 Å². The lowest BCUT2D eigenvalue weighted by atomic mass is 9.81. The molecule has 0 bridgehead atoms. The van der Waals surface area contributed by atoms with Crippen molar-refractivity contribution in [3.05, 3.63) is 0 Å². The molecule has 0 spiro atoms. The Morgan fingerprint density at radius 1 is 1.47 bits per heavy atom. The molecule has 0 aromatic carbocycles. The molecule has 1 amide bonds. The van der Waals surface area contributed by atoms with Crippen LogP contribution in [-0.2, 0) is 9.59 Å². The van der Waals surface area contributed by atoms with Gasteiger partial charge < -0.3 is 15.5 Å². The van der Waals surface area contributed by atoms with Crippen molar-refractivity contribution < 1.29 is 19.8 Å². The average molecular weight is 243 g/mol. The van der Waals surface area contributed by atoms with Crippen molar-refractivity contribution in [2.75, 3.05) is 6.61 Å². The summed E-state index contributed by atoms with van der Waals surface area (Å²) in [6.07, 6.45) is 2.85. The van der Waals surface area contributed by atoms with E-state index in [1.807, 2.05) is 13.8 Å². The van der Waals surface area contributed by atoms with Crippen LogP contribution in [0.4, 0.5) is 0 Å². The van der Waals surface area contributed by atoms with E-state index < -0.39 is 12.0 Å². The molecule has 98 valence electrons. The van der Waals surface area contributed by atoms with E-state index in [1.165, 1.54) is 0 Å². The van der Waals surface area contributed by atoms with Gasteiger partial charge in [0, 0.05) is 18.9 Å². The Bertz CT molecular complexity index is 301. The number of carbonyl (C=O) groups is 2. The Morgan fingerprint density at radius 3 is 2.53 bits per heavy atom. The lowest BCUT2D eigenvalue weighted by Gasteiger charge is -2.27. The van der Waals surface area contributed by atoms with Gasteiger partial charge >= 0.3 is 5.97 Å². The zero-order chi connectivity index (χ0) is 13.1. The fourth-order valence-corrected chi connectivity index (χ4v) is 2.47. The normalized spacial score (nSPS) is 24.3. The smallest absolute Gasteiger partial charge is 0.326 e. The summed E-state index contributed by atoms with van der Waals surface area (Å²) in [7, 11) is 0. The van der Waals surface area contributed by atoms with Crippen molar-refractivity contribution in [1.82, 2.24) is 5.32 Å². The van der Waals surface area contributed by atoms with E-state index >= 15 is 0 Å². The van der Waals surface area contributed by atoms with Crippen molar-refractivity contribution in [2.45, 2.75) is 45.6 Å². The maximum atomic E-state index is 12.0. The van der Waals surface area contributed by atoms with Gasteiger partial charge in [0.15, 0.2) is 0 Å². The van der Waals surface area contributed by atoms with Crippen molar-refractivity contribution in [2.24, 2.45) is 11.3 Å². The first-order chi connectivity index (χ1) is 7.88. The predicted molar refractivity (Wildman–Crippen MR) is 62.4 cm³/mol. The molecule has 0 heterocycles. The minimum atomic E-state index is -1.09. The fourth-order valence-electron chi connectivity index (χ4n) is 2.47. The highest BCUT2D eigenvalue weighted by Crippen LogP contribution is 2.42. The molecule has 1 saturated carbocycles. The molecule has 2 atom stereocenters. The number of aliphatic carboxylic acids is 1. The van der Waals surface area contributed by atoms with E-state index in [-0.39, 0.29) is 30.3 Å². The van der Waals surface area contributed by atoms with Gasteiger partial charge in [-0.25, -0.2) is 4.79 Å². The van der Waals surface area contributed by atoms with Crippen LogP contribution in [0.5, 0.6) is 0 Å². The second-order valence-corrected chi connectivity index (χ2v) is 5.35. The van der Waals surface area contributed by atoms with Crippen LogP contribution in [0.3, 0.4) is 0 Å². The quantitative estimate of drug-likeness (QED) is 0.665. The Kier molecular flexibility index (Phi) is 4.51. The molecule has 17 heavy (non-hydrogen) atoms. The summed E-state index contributed by atoms with van der Waals surface area (Å²) in [4.78, 5) is 22.9. The summed E-state index contributed by atoms with van der Waals surface area (Å²) in [5.41, 5.74) is -0.0631. The molecule has 1 rings (SSSR count). The zero-order valence-electron chi connectivity index (χ0n) is 10.4. The molecule has 1 aliphatic rings. The molecule has 1 fully saturated rings. The highest BCUT2D eigenvalue weighted by molar-refractivity contribution is 5.85. The largest absolute Gasteiger partial charge is 0.480 e. The summed E-state index contributed by atoms with van der Waals surface area (Å²) in [6.45, 7) is 3.82. The van der Waals surface area contributed by atoms with Crippen LogP contribution in [0.15, 0.2) is 0 Å². The summed E-state index contributed by atoms with van der Waals surface area (Å²) in [5.74, 6) is -1.42. The van der Waals surface area contributed by atoms with E-state index in [4.69, 9.17) is 10.2 Å². The van der Waals surface area contributed by atoms with Crippen molar-refractivity contribution in [3.63, 3.8) is 0 Å². The van der Waals surface area contributed by atoms with Gasteiger partial charge in [-0.15, -0.1) is 0 Å². The molecular formula is C12H21NO4. The molecule has 1 aliphatic carbocycles. The SMILES string of the molecule is CC1(C)CCCC1C(=O)NC(CCO)C(=O)O. The lowest BCUT2D eigenvalue weighted by Crippen LogP contribution is -2.46. The third kappa shape index (κ3) is 3.43. The molecule has 0 aliphatic heterocycles. The standard InChI is InChI=1S/C12H21NO4/c1-12(2)6-3-4-8(12)10(15)13-9(5-7-14)11(16)17/h8-9,14H,3-7H2,1-2H3,(H,13,15)(H,16,17). The molecule has 3 N–H and O–H groups in total. The number of amides is 1. The Balaban J connectivity index is 2.61. The molecule has 0 aromatic heterocycles. The topological polar surface area (TPSA) is 86.6 Å². The minimum Gasteiger partial charge on any atom is -0.480 e. The maximum Gasteiger partial charge on any atom is 0.326 e. The van der Waals surface area contributed by atoms with Gasteiger partial charge in [-0.05, 0) is 18.3 Å². The Hall–Kier alpha value is -1.10. The van der Waals surface area contributed by atoms with Crippen LogP contribution in [-0.4, -0.2) is 34.7 Å². The summed E-state index contributed by atoms with van der Waals surface area (Å²) >= 11 is 0. The highest BCUT2D eigenvalue weighted by Gasteiger charge is 2.40.